The van der Waals surface area contributed by atoms with Crippen LogP contribution < -0.4 is 5.32 Å². The van der Waals surface area contributed by atoms with E-state index in [9.17, 15) is 4.39 Å². The third kappa shape index (κ3) is 2.56. The number of hydrogen-bond donors (Lipinski definition) is 1. The van der Waals surface area contributed by atoms with Crippen molar-refractivity contribution in [1.82, 2.24) is 19.7 Å². The number of fused-ring (bicyclic) bond motifs is 1. The van der Waals surface area contributed by atoms with Crippen molar-refractivity contribution in [1.29, 1.82) is 0 Å². The lowest BCUT2D eigenvalue weighted by Crippen LogP contribution is -2.14. The van der Waals surface area contributed by atoms with Gasteiger partial charge >= 0.3 is 0 Å². The zero-order chi connectivity index (χ0) is 14.8. The van der Waals surface area contributed by atoms with E-state index < -0.39 is 0 Å². The van der Waals surface area contributed by atoms with E-state index in [-0.39, 0.29) is 5.82 Å². The number of nitrogens with one attached hydrogen (secondary N) is 1. The van der Waals surface area contributed by atoms with Gasteiger partial charge in [0.2, 0.25) is 0 Å². The van der Waals surface area contributed by atoms with Gasteiger partial charge in [0.05, 0.1) is 17.3 Å². The van der Waals surface area contributed by atoms with Crippen LogP contribution in [0.1, 0.15) is 20.3 Å². The van der Waals surface area contributed by atoms with Crippen molar-refractivity contribution in [2.75, 3.05) is 5.32 Å². The standard InChI is InChI=1S/C15H16FN5/c1-3-10(2)20-14-13-8-19-21(15(13)18-9-17-14)12-6-4-11(16)5-7-12/h4-10H,3H2,1-2H3,(H,17,18,20)/t10-/m1/s1. The number of anilines is 1. The Morgan fingerprint density at radius 3 is 2.71 bits per heavy atom. The highest BCUT2D eigenvalue weighted by atomic mass is 19.1. The van der Waals surface area contributed by atoms with Crippen LogP contribution in [0.3, 0.4) is 0 Å². The Kier molecular flexibility index (Phi) is 3.51. The summed E-state index contributed by atoms with van der Waals surface area (Å²) >= 11 is 0. The third-order valence-electron chi connectivity index (χ3n) is 3.43. The molecule has 1 atom stereocenters. The molecule has 2 aromatic heterocycles. The van der Waals surface area contributed by atoms with Gasteiger partial charge in [-0.05, 0) is 37.6 Å². The topological polar surface area (TPSA) is 55.6 Å². The normalized spacial score (nSPS) is 12.5. The SMILES string of the molecule is CC[C@@H](C)Nc1ncnc2c1cnn2-c1ccc(F)cc1. The van der Waals surface area contributed by atoms with Crippen molar-refractivity contribution in [2.45, 2.75) is 26.3 Å². The van der Waals surface area contributed by atoms with E-state index in [4.69, 9.17) is 0 Å². The molecule has 0 saturated carbocycles. The molecule has 5 nitrogen and oxygen atoms in total. The van der Waals surface area contributed by atoms with E-state index in [0.717, 1.165) is 23.3 Å². The summed E-state index contributed by atoms with van der Waals surface area (Å²) in [6.07, 6.45) is 4.23. The summed E-state index contributed by atoms with van der Waals surface area (Å²) in [6.45, 7) is 4.20. The van der Waals surface area contributed by atoms with Gasteiger partial charge in [-0.3, -0.25) is 0 Å². The lowest BCUT2D eigenvalue weighted by atomic mass is 10.2. The second-order valence-corrected chi connectivity index (χ2v) is 4.95. The highest BCUT2D eigenvalue weighted by molar-refractivity contribution is 5.87. The predicted molar refractivity (Wildman–Crippen MR) is 80.0 cm³/mol. The Labute approximate surface area is 121 Å². The maximum atomic E-state index is 13.0. The first kappa shape index (κ1) is 13.5. The quantitative estimate of drug-likeness (QED) is 0.800. The summed E-state index contributed by atoms with van der Waals surface area (Å²) in [5, 5.41) is 8.53. The molecule has 0 spiro atoms. The lowest BCUT2D eigenvalue weighted by Gasteiger charge is -2.12. The number of rotatable bonds is 4. The maximum absolute atomic E-state index is 13.0. The predicted octanol–water partition coefficient (Wildman–Crippen LogP) is 3.17. The fraction of sp³-hybridized carbons (Fsp3) is 0.267. The largest absolute Gasteiger partial charge is 0.367 e. The minimum atomic E-state index is -0.274. The number of nitrogens with zero attached hydrogens (tertiary/aromatic N) is 4. The molecule has 0 fully saturated rings. The number of benzene rings is 1. The molecule has 3 aromatic rings. The van der Waals surface area contributed by atoms with Crippen molar-refractivity contribution in [3.63, 3.8) is 0 Å². The highest BCUT2D eigenvalue weighted by Crippen LogP contribution is 2.22. The van der Waals surface area contributed by atoms with Crippen LogP contribution >= 0.6 is 0 Å². The van der Waals surface area contributed by atoms with Gasteiger partial charge < -0.3 is 5.32 Å². The fourth-order valence-electron chi connectivity index (χ4n) is 2.07. The summed E-state index contributed by atoms with van der Waals surface area (Å²) < 4.78 is 14.7. The highest BCUT2D eigenvalue weighted by Gasteiger charge is 2.12. The Bertz CT molecular complexity index is 750. The molecular formula is C15H16FN5. The summed E-state index contributed by atoms with van der Waals surface area (Å²) in [5.41, 5.74) is 1.46. The molecule has 0 unspecified atom stereocenters. The monoisotopic (exact) mass is 285 g/mol. The van der Waals surface area contributed by atoms with Gasteiger partial charge in [0.25, 0.3) is 0 Å². The summed E-state index contributed by atoms with van der Waals surface area (Å²) in [7, 11) is 0. The molecule has 0 bridgehead atoms. The van der Waals surface area contributed by atoms with Gasteiger partial charge in [-0.15, -0.1) is 0 Å². The van der Waals surface area contributed by atoms with Crippen LogP contribution in [0.5, 0.6) is 0 Å². The van der Waals surface area contributed by atoms with E-state index in [1.165, 1.54) is 18.5 Å². The Balaban J connectivity index is 2.06. The van der Waals surface area contributed by atoms with Crippen molar-refractivity contribution in [2.24, 2.45) is 0 Å². The van der Waals surface area contributed by atoms with E-state index >= 15 is 0 Å². The Morgan fingerprint density at radius 1 is 1.24 bits per heavy atom. The van der Waals surface area contributed by atoms with Gasteiger partial charge in [0, 0.05) is 6.04 Å². The van der Waals surface area contributed by atoms with Gasteiger partial charge in [-0.25, -0.2) is 19.0 Å². The summed E-state index contributed by atoms with van der Waals surface area (Å²) in [6, 6.07) is 6.47. The number of hydrogen-bond acceptors (Lipinski definition) is 4. The zero-order valence-electron chi connectivity index (χ0n) is 11.9. The van der Waals surface area contributed by atoms with Gasteiger partial charge in [0.1, 0.15) is 18.0 Å². The molecule has 0 amide bonds. The molecule has 0 aliphatic carbocycles. The molecule has 0 saturated heterocycles. The van der Waals surface area contributed by atoms with E-state index in [2.05, 4.69) is 34.2 Å². The molecule has 21 heavy (non-hydrogen) atoms. The summed E-state index contributed by atoms with van der Waals surface area (Å²) in [4.78, 5) is 8.57. The molecule has 3 rings (SSSR count). The van der Waals surface area contributed by atoms with Crippen LogP contribution in [-0.2, 0) is 0 Å². The minimum Gasteiger partial charge on any atom is -0.367 e. The fourth-order valence-corrected chi connectivity index (χ4v) is 2.07. The Morgan fingerprint density at radius 2 is 2.00 bits per heavy atom. The van der Waals surface area contributed by atoms with E-state index in [0.29, 0.717) is 11.7 Å². The van der Waals surface area contributed by atoms with Gasteiger partial charge in [-0.1, -0.05) is 6.92 Å². The van der Waals surface area contributed by atoms with Crippen LogP contribution in [-0.4, -0.2) is 25.8 Å². The molecule has 108 valence electrons. The third-order valence-corrected chi connectivity index (χ3v) is 3.43. The number of aromatic nitrogens is 4. The smallest absolute Gasteiger partial charge is 0.168 e. The van der Waals surface area contributed by atoms with Crippen molar-refractivity contribution < 1.29 is 4.39 Å². The van der Waals surface area contributed by atoms with Crippen LogP contribution in [0.25, 0.3) is 16.7 Å². The first-order valence-corrected chi connectivity index (χ1v) is 6.90. The van der Waals surface area contributed by atoms with Gasteiger partial charge in [0.15, 0.2) is 5.65 Å². The van der Waals surface area contributed by atoms with Gasteiger partial charge in [-0.2, -0.15) is 5.10 Å². The zero-order valence-corrected chi connectivity index (χ0v) is 11.9. The van der Waals surface area contributed by atoms with E-state index in [1.54, 1.807) is 23.0 Å². The molecule has 1 N–H and O–H groups in total. The second kappa shape index (κ2) is 5.47. The molecule has 2 heterocycles. The Hall–Kier alpha value is -2.50. The maximum Gasteiger partial charge on any atom is 0.168 e. The van der Waals surface area contributed by atoms with Crippen LogP contribution in [0.4, 0.5) is 10.2 Å². The van der Waals surface area contributed by atoms with Crippen molar-refractivity contribution in [3.05, 3.63) is 42.6 Å². The summed E-state index contributed by atoms with van der Waals surface area (Å²) in [5.74, 6) is 0.492. The molecule has 6 heteroatoms. The van der Waals surface area contributed by atoms with Crippen LogP contribution in [0.15, 0.2) is 36.8 Å². The molecular weight excluding hydrogens is 269 g/mol. The first-order valence-electron chi connectivity index (χ1n) is 6.90. The first-order chi connectivity index (χ1) is 10.2. The second-order valence-electron chi connectivity index (χ2n) is 4.95. The average molecular weight is 285 g/mol. The van der Waals surface area contributed by atoms with Crippen LogP contribution in [0, 0.1) is 5.82 Å². The molecule has 0 aliphatic rings. The number of halogens is 1. The minimum absolute atomic E-state index is 0.274. The van der Waals surface area contributed by atoms with Crippen molar-refractivity contribution in [3.8, 4) is 5.69 Å². The lowest BCUT2D eigenvalue weighted by molar-refractivity contribution is 0.627. The van der Waals surface area contributed by atoms with Crippen LogP contribution in [0.2, 0.25) is 0 Å². The molecule has 0 aliphatic heterocycles. The van der Waals surface area contributed by atoms with E-state index in [1.807, 2.05) is 0 Å². The average Bonchev–Trinajstić information content (AvgIpc) is 2.93. The molecule has 1 aromatic carbocycles. The molecule has 0 radical (unpaired) electrons. The van der Waals surface area contributed by atoms with Crippen molar-refractivity contribution >= 4 is 16.9 Å².